The molecule has 0 spiro atoms. The molecule has 0 radical (unpaired) electrons. The van der Waals surface area contributed by atoms with E-state index in [-0.39, 0.29) is 40.8 Å². The van der Waals surface area contributed by atoms with Crippen LogP contribution in [-0.2, 0) is 14.3 Å². The van der Waals surface area contributed by atoms with E-state index in [2.05, 4.69) is 9.88 Å². The van der Waals surface area contributed by atoms with E-state index in [1.807, 2.05) is 6.92 Å². The quantitative estimate of drug-likeness (QED) is 0.527. The molecule has 5 rings (SSSR count). The Hall–Kier alpha value is -2.15. The van der Waals surface area contributed by atoms with E-state index >= 15 is 0 Å². The van der Waals surface area contributed by atoms with Gasteiger partial charge in [0, 0.05) is 54.7 Å². The number of carbonyl (C=O) groups is 3. The van der Waals surface area contributed by atoms with Crippen LogP contribution in [0.3, 0.4) is 0 Å². The van der Waals surface area contributed by atoms with E-state index in [0.29, 0.717) is 36.8 Å². The van der Waals surface area contributed by atoms with E-state index in [1.165, 1.54) is 28.0 Å². The largest absolute Gasteiger partial charge is 0.477 e. The number of aliphatic hydroxyl groups excluding tert-OH is 1. The molecule has 2 amide bonds. The van der Waals surface area contributed by atoms with Gasteiger partial charge in [-0.25, -0.2) is 9.78 Å². The first-order valence-electron chi connectivity index (χ1n) is 10.9. The Kier molecular flexibility index (Phi) is 5.66. The number of rotatable bonds is 7. The van der Waals surface area contributed by atoms with Crippen molar-refractivity contribution in [3.8, 4) is 0 Å². The smallest absolute Gasteiger partial charge is 0.353 e. The van der Waals surface area contributed by atoms with Gasteiger partial charge in [-0.1, -0.05) is 6.92 Å². The fourth-order valence-electron chi connectivity index (χ4n) is 4.95. The molecule has 0 aliphatic carbocycles. The summed E-state index contributed by atoms with van der Waals surface area (Å²) in [4.78, 5) is 47.3. The number of anilines is 1. The summed E-state index contributed by atoms with van der Waals surface area (Å²) >= 11 is 2.93. The number of nitrogens with zero attached hydrogens (tertiary/aromatic N) is 4. The van der Waals surface area contributed by atoms with Gasteiger partial charge >= 0.3 is 5.97 Å². The van der Waals surface area contributed by atoms with Crippen molar-refractivity contribution in [2.24, 2.45) is 11.8 Å². The first kappa shape index (κ1) is 22.6. The molecule has 178 valence electrons. The molecule has 4 atom stereocenters. The molecule has 3 saturated heterocycles. The Morgan fingerprint density at radius 3 is 2.61 bits per heavy atom. The molecular formula is C21H26N4O6S2. The van der Waals surface area contributed by atoms with Crippen LogP contribution >= 0.6 is 23.1 Å². The zero-order valence-electron chi connectivity index (χ0n) is 18.5. The first-order valence-corrected chi connectivity index (χ1v) is 12.6. The van der Waals surface area contributed by atoms with Gasteiger partial charge in [-0.05, 0) is 6.92 Å². The second-order valence-electron chi connectivity index (χ2n) is 9.00. The summed E-state index contributed by atoms with van der Waals surface area (Å²) in [6, 6.07) is -0.297. The number of likely N-dealkylation sites (tertiary alicyclic amines) is 1. The minimum Gasteiger partial charge on any atom is -0.477 e. The predicted octanol–water partition coefficient (Wildman–Crippen LogP) is 0.689. The third kappa shape index (κ3) is 3.54. The summed E-state index contributed by atoms with van der Waals surface area (Å²) in [5, 5.41) is 22.5. The number of thioether (sulfide) groups is 1. The van der Waals surface area contributed by atoms with Gasteiger partial charge in [-0.15, -0.1) is 23.1 Å². The topological polar surface area (TPSA) is 124 Å². The fraction of sp³-hybridized carbons (Fsp3) is 0.619. The van der Waals surface area contributed by atoms with Gasteiger partial charge in [0.1, 0.15) is 11.4 Å². The van der Waals surface area contributed by atoms with Gasteiger partial charge in [0.05, 0.1) is 24.2 Å². The number of amides is 2. The molecule has 2 N–H and O–H groups in total. The third-order valence-electron chi connectivity index (χ3n) is 6.90. The Morgan fingerprint density at radius 2 is 2.00 bits per heavy atom. The number of aliphatic hydroxyl groups is 1. The Balaban J connectivity index is 1.21. The number of carbonyl (C=O) groups excluding carboxylic acids is 2. The number of carboxylic acids is 1. The van der Waals surface area contributed by atoms with Gasteiger partial charge < -0.3 is 29.6 Å². The molecular weight excluding hydrogens is 468 g/mol. The SMILES string of the molecule is COC1CN(C(=O)c2csc(N3CC(SC4=C(C(=O)O)N5C(=O)C([C@@H](C)O)C5[C@H]4C)C3)n2)C1. The Labute approximate surface area is 199 Å². The number of aliphatic carboxylic acids is 1. The van der Waals surface area contributed by atoms with Crippen LogP contribution in [0.25, 0.3) is 0 Å². The van der Waals surface area contributed by atoms with Crippen molar-refractivity contribution >= 4 is 46.0 Å². The van der Waals surface area contributed by atoms with Gasteiger partial charge in [0.25, 0.3) is 5.91 Å². The highest BCUT2D eigenvalue weighted by Crippen LogP contribution is 2.52. The highest BCUT2D eigenvalue weighted by atomic mass is 32.2. The van der Waals surface area contributed by atoms with Gasteiger partial charge in [-0.2, -0.15) is 0 Å². The van der Waals surface area contributed by atoms with Crippen molar-refractivity contribution in [3.63, 3.8) is 0 Å². The molecule has 2 unspecified atom stereocenters. The predicted molar refractivity (Wildman–Crippen MR) is 122 cm³/mol. The van der Waals surface area contributed by atoms with Crippen LogP contribution in [0.5, 0.6) is 0 Å². The molecule has 12 heteroatoms. The van der Waals surface area contributed by atoms with Crippen molar-refractivity contribution in [3.05, 3.63) is 21.7 Å². The van der Waals surface area contributed by atoms with E-state index in [0.717, 1.165) is 5.13 Å². The zero-order chi connectivity index (χ0) is 23.6. The lowest BCUT2D eigenvalue weighted by Gasteiger charge is -2.46. The standard InChI is InChI=1S/C21H26N4O6S2/c1-9-15-14(10(2)26)19(28)25(15)16(20(29)30)17(9)33-12-6-24(7-12)21-22-13(8-32-21)18(27)23-4-11(5-23)31-3/h8-12,14-15,26H,4-7H2,1-3H3,(H,29,30)/t9-,10-,14?,15?/m1/s1. The van der Waals surface area contributed by atoms with Gasteiger partial charge in [0.2, 0.25) is 5.91 Å². The highest BCUT2D eigenvalue weighted by molar-refractivity contribution is 8.03. The lowest BCUT2D eigenvalue weighted by Crippen LogP contribution is -2.63. The van der Waals surface area contributed by atoms with Gasteiger partial charge in [-0.3, -0.25) is 9.59 Å². The molecule has 0 bridgehead atoms. The maximum atomic E-state index is 12.5. The average Bonchev–Trinajstić information content (AvgIpc) is 3.25. The normalized spacial score (nSPS) is 28.4. The number of hydrogen-bond acceptors (Lipinski definition) is 9. The van der Waals surface area contributed by atoms with Crippen LogP contribution < -0.4 is 4.90 Å². The lowest BCUT2D eigenvalue weighted by atomic mass is 9.79. The van der Waals surface area contributed by atoms with E-state index in [4.69, 9.17) is 4.74 Å². The van der Waals surface area contributed by atoms with E-state index < -0.39 is 18.0 Å². The summed E-state index contributed by atoms with van der Waals surface area (Å²) in [5.41, 5.74) is 0.497. The monoisotopic (exact) mass is 494 g/mol. The lowest BCUT2D eigenvalue weighted by molar-refractivity contribution is -0.163. The number of thiazole rings is 1. The molecule has 0 aromatic carbocycles. The molecule has 3 fully saturated rings. The second kappa shape index (κ2) is 8.26. The molecule has 10 nitrogen and oxygen atoms in total. The van der Waals surface area contributed by atoms with Crippen molar-refractivity contribution in [2.45, 2.75) is 37.3 Å². The van der Waals surface area contributed by atoms with Crippen LogP contribution in [0, 0.1) is 11.8 Å². The van der Waals surface area contributed by atoms with Gasteiger partial charge in [0.15, 0.2) is 5.13 Å². The van der Waals surface area contributed by atoms with Crippen LogP contribution in [0.15, 0.2) is 16.0 Å². The molecule has 4 aliphatic rings. The average molecular weight is 495 g/mol. The Morgan fingerprint density at radius 1 is 1.30 bits per heavy atom. The molecule has 1 aromatic heterocycles. The number of β-lactam (4-membered cyclic amide) rings is 1. The molecule has 0 saturated carbocycles. The summed E-state index contributed by atoms with van der Waals surface area (Å²) in [7, 11) is 1.64. The van der Waals surface area contributed by atoms with Crippen LogP contribution in [0.4, 0.5) is 5.13 Å². The maximum Gasteiger partial charge on any atom is 0.353 e. The zero-order valence-corrected chi connectivity index (χ0v) is 20.1. The van der Waals surface area contributed by atoms with Crippen LogP contribution in [0.2, 0.25) is 0 Å². The maximum absolute atomic E-state index is 12.5. The number of methoxy groups -OCH3 is 1. The number of fused-ring (bicyclic) bond motifs is 1. The molecule has 4 aliphatic heterocycles. The first-order chi connectivity index (χ1) is 15.7. The number of hydrogen-bond donors (Lipinski definition) is 2. The molecule has 33 heavy (non-hydrogen) atoms. The second-order valence-corrected chi connectivity index (χ2v) is 11.2. The van der Waals surface area contributed by atoms with E-state index in [9.17, 15) is 24.6 Å². The number of aromatic nitrogens is 1. The number of carboxylic acid groups (broad SMARTS) is 1. The van der Waals surface area contributed by atoms with Crippen molar-refractivity contribution in [1.29, 1.82) is 0 Å². The number of ether oxygens (including phenoxy) is 1. The Bertz CT molecular complexity index is 1030. The fourth-order valence-corrected chi connectivity index (χ4v) is 7.29. The van der Waals surface area contributed by atoms with Crippen LogP contribution in [0.1, 0.15) is 24.3 Å². The van der Waals surface area contributed by atoms with E-state index in [1.54, 1.807) is 24.3 Å². The summed E-state index contributed by atoms with van der Waals surface area (Å²) in [6.07, 6.45) is -0.709. The minimum atomic E-state index is -1.11. The summed E-state index contributed by atoms with van der Waals surface area (Å²) in [5.74, 6) is -2.20. The van der Waals surface area contributed by atoms with Crippen LogP contribution in [-0.4, -0.2) is 99.6 Å². The van der Waals surface area contributed by atoms with Crippen molar-refractivity contribution in [1.82, 2.24) is 14.8 Å². The minimum absolute atomic E-state index is 0.0592. The third-order valence-corrected chi connectivity index (χ3v) is 9.26. The van der Waals surface area contributed by atoms with Crippen molar-refractivity contribution < 1.29 is 29.3 Å². The molecule has 1 aromatic rings. The summed E-state index contributed by atoms with van der Waals surface area (Å²) < 4.78 is 5.21. The van der Waals surface area contributed by atoms with Crippen molar-refractivity contribution in [2.75, 3.05) is 38.2 Å². The summed E-state index contributed by atoms with van der Waals surface area (Å²) in [6.45, 7) is 6.04. The highest BCUT2D eigenvalue weighted by Gasteiger charge is 2.60. The molecule has 5 heterocycles.